The molecule has 0 heterocycles. The Hall–Kier alpha value is -0.570. The molecule has 0 radical (unpaired) electrons. The third kappa shape index (κ3) is 2.27. The van der Waals surface area contributed by atoms with Crippen LogP contribution in [0.15, 0.2) is 0 Å². The van der Waals surface area contributed by atoms with Crippen molar-refractivity contribution in [1.29, 1.82) is 0 Å². The Morgan fingerprint density at radius 2 is 1.79 bits per heavy atom. The van der Waals surface area contributed by atoms with Crippen LogP contribution < -0.4 is 11.1 Å². The van der Waals surface area contributed by atoms with Gasteiger partial charge in [0.2, 0.25) is 5.91 Å². The van der Waals surface area contributed by atoms with Gasteiger partial charge in [-0.2, -0.15) is 0 Å². The fourth-order valence-electron chi connectivity index (χ4n) is 2.44. The minimum absolute atomic E-state index is 0.215. The highest BCUT2D eigenvalue weighted by atomic mass is 16.2. The number of carbonyl (C=O) groups is 1. The van der Waals surface area contributed by atoms with Gasteiger partial charge in [-0.1, -0.05) is 19.3 Å². The average molecular weight is 196 g/mol. The minimum atomic E-state index is 0.215. The largest absolute Gasteiger partial charge is 0.353 e. The molecule has 3 nitrogen and oxygen atoms in total. The first-order valence-corrected chi connectivity index (χ1v) is 5.81. The van der Waals surface area contributed by atoms with Crippen LogP contribution in [-0.2, 0) is 4.79 Å². The summed E-state index contributed by atoms with van der Waals surface area (Å²) in [6.07, 6.45) is 8.00. The molecule has 14 heavy (non-hydrogen) atoms. The van der Waals surface area contributed by atoms with Crippen LogP contribution in [0.25, 0.3) is 0 Å². The summed E-state index contributed by atoms with van der Waals surface area (Å²) in [5.41, 5.74) is 5.66. The number of hydrogen-bond donors (Lipinski definition) is 2. The van der Waals surface area contributed by atoms with Crippen molar-refractivity contribution in [2.75, 3.05) is 0 Å². The molecular formula is C11H20N2O. The predicted octanol–water partition coefficient (Wildman–Crippen LogP) is 1.17. The lowest BCUT2D eigenvalue weighted by molar-refractivity contribution is -0.128. The van der Waals surface area contributed by atoms with Crippen molar-refractivity contribution in [2.24, 2.45) is 11.7 Å². The summed E-state index contributed by atoms with van der Waals surface area (Å²) in [6, 6.07) is 0.727. The number of rotatable bonds is 2. The summed E-state index contributed by atoms with van der Waals surface area (Å²) in [6.45, 7) is 0. The monoisotopic (exact) mass is 196 g/mol. The molecule has 0 bridgehead atoms. The number of nitrogens with two attached hydrogens (primary N) is 1. The Morgan fingerprint density at radius 1 is 1.14 bits per heavy atom. The van der Waals surface area contributed by atoms with Crippen molar-refractivity contribution in [2.45, 2.75) is 57.0 Å². The Bertz CT molecular complexity index is 205. The van der Waals surface area contributed by atoms with Gasteiger partial charge >= 0.3 is 0 Å². The van der Waals surface area contributed by atoms with Crippen molar-refractivity contribution < 1.29 is 4.79 Å². The molecule has 0 aromatic carbocycles. The fraction of sp³-hybridized carbons (Fsp3) is 0.909. The van der Waals surface area contributed by atoms with Gasteiger partial charge in [0.25, 0.3) is 0 Å². The molecule has 3 heteroatoms. The third-order valence-corrected chi connectivity index (χ3v) is 3.50. The molecule has 2 rings (SSSR count). The first-order valence-electron chi connectivity index (χ1n) is 5.81. The van der Waals surface area contributed by atoms with Gasteiger partial charge in [-0.25, -0.2) is 0 Å². The molecule has 2 aliphatic rings. The first kappa shape index (κ1) is 9.97. The second kappa shape index (κ2) is 4.30. The maximum atomic E-state index is 11.7. The smallest absolute Gasteiger partial charge is 0.223 e. The molecule has 0 atom stereocenters. The van der Waals surface area contributed by atoms with E-state index in [2.05, 4.69) is 5.32 Å². The van der Waals surface area contributed by atoms with Crippen LogP contribution in [-0.4, -0.2) is 18.0 Å². The van der Waals surface area contributed by atoms with E-state index >= 15 is 0 Å². The van der Waals surface area contributed by atoms with E-state index in [1.165, 1.54) is 32.1 Å². The highest BCUT2D eigenvalue weighted by molar-refractivity contribution is 5.80. The van der Waals surface area contributed by atoms with E-state index in [0.29, 0.717) is 6.04 Å². The van der Waals surface area contributed by atoms with Crippen molar-refractivity contribution in [3.63, 3.8) is 0 Å². The van der Waals surface area contributed by atoms with Gasteiger partial charge in [-0.15, -0.1) is 0 Å². The zero-order valence-electron chi connectivity index (χ0n) is 8.67. The maximum absolute atomic E-state index is 11.7. The summed E-state index contributed by atoms with van der Waals surface area (Å²) in [5, 5.41) is 3.15. The molecule has 0 aliphatic heterocycles. The topological polar surface area (TPSA) is 55.1 Å². The van der Waals surface area contributed by atoms with Crippen LogP contribution >= 0.6 is 0 Å². The quantitative estimate of drug-likeness (QED) is 0.696. The minimum Gasteiger partial charge on any atom is -0.353 e. The van der Waals surface area contributed by atoms with Gasteiger partial charge in [-0.05, 0) is 25.7 Å². The van der Waals surface area contributed by atoms with E-state index in [0.717, 1.165) is 12.8 Å². The van der Waals surface area contributed by atoms with E-state index in [1.807, 2.05) is 0 Å². The van der Waals surface area contributed by atoms with Gasteiger partial charge in [0.05, 0.1) is 0 Å². The van der Waals surface area contributed by atoms with Gasteiger partial charge in [0.15, 0.2) is 0 Å². The Kier molecular flexibility index (Phi) is 3.06. The summed E-state index contributed by atoms with van der Waals surface area (Å²) >= 11 is 0. The average Bonchev–Trinajstić information content (AvgIpc) is 2.14. The number of nitrogens with one attached hydrogen (secondary N) is 1. The summed E-state index contributed by atoms with van der Waals surface area (Å²) in [7, 11) is 0. The molecule has 2 aliphatic carbocycles. The zero-order valence-corrected chi connectivity index (χ0v) is 8.67. The van der Waals surface area contributed by atoms with Gasteiger partial charge < -0.3 is 11.1 Å². The lowest BCUT2D eigenvalue weighted by Gasteiger charge is -2.33. The molecule has 0 unspecified atom stereocenters. The van der Waals surface area contributed by atoms with E-state index in [-0.39, 0.29) is 17.9 Å². The molecule has 1 amide bonds. The van der Waals surface area contributed by atoms with E-state index in [4.69, 9.17) is 5.73 Å². The van der Waals surface area contributed by atoms with Crippen molar-refractivity contribution in [3.8, 4) is 0 Å². The van der Waals surface area contributed by atoms with Gasteiger partial charge in [-0.3, -0.25) is 4.79 Å². The second-order valence-corrected chi connectivity index (χ2v) is 4.77. The highest BCUT2D eigenvalue weighted by Gasteiger charge is 2.32. The van der Waals surface area contributed by atoms with Gasteiger partial charge in [0, 0.05) is 18.0 Å². The van der Waals surface area contributed by atoms with E-state index < -0.39 is 0 Å². The van der Waals surface area contributed by atoms with Crippen LogP contribution in [0.3, 0.4) is 0 Å². The molecule has 3 N–H and O–H groups in total. The number of hydrogen-bond acceptors (Lipinski definition) is 2. The zero-order chi connectivity index (χ0) is 9.97. The number of amides is 1. The molecule has 0 aromatic rings. The van der Waals surface area contributed by atoms with Crippen LogP contribution in [0.2, 0.25) is 0 Å². The molecule has 0 spiro atoms. The van der Waals surface area contributed by atoms with Crippen molar-refractivity contribution in [3.05, 3.63) is 0 Å². The molecule has 0 saturated heterocycles. The molecule has 2 saturated carbocycles. The van der Waals surface area contributed by atoms with Crippen LogP contribution in [0, 0.1) is 5.92 Å². The fourth-order valence-corrected chi connectivity index (χ4v) is 2.44. The Balaban J connectivity index is 1.71. The normalized spacial score (nSPS) is 33.5. The standard InChI is InChI=1S/C11H20N2O/c12-9-6-8(7-9)11(14)13-10-4-2-1-3-5-10/h8-10H,1-7,12H2,(H,13,14). The summed E-state index contributed by atoms with van der Waals surface area (Å²) in [4.78, 5) is 11.7. The SMILES string of the molecule is NC1CC(C(=O)NC2CCCCC2)C1. The molecule has 80 valence electrons. The van der Waals surface area contributed by atoms with Gasteiger partial charge in [0.1, 0.15) is 0 Å². The van der Waals surface area contributed by atoms with E-state index in [1.54, 1.807) is 0 Å². The van der Waals surface area contributed by atoms with Crippen molar-refractivity contribution >= 4 is 5.91 Å². The lowest BCUT2D eigenvalue weighted by Crippen LogP contribution is -2.48. The summed E-state index contributed by atoms with van der Waals surface area (Å²) < 4.78 is 0. The predicted molar refractivity (Wildman–Crippen MR) is 55.7 cm³/mol. The maximum Gasteiger partial charge on any atom is 0.223 e. The Morgan fingerprint density at radius 3 is 2.36 bits per heavy atom. The number of carbonyl (C=O) groups excluding carboxylic acids is 1. The third-order valence-electron chi connectivity index (χ3n) is 3.50. The molecule has 0 aromatic heterocycles. The Labute approximate surface area is 85.4 Å². The second-order valence-electron chi connectivity index (χ2n) is 4.77. The summed E-state index contributed by atoms with van der Waals surface area (Å²) in [5.74, 6) is 0.463. The molecule has 2 fully saturated rings. The van der Waals surface area contributed by atoms with Crippen molar-refractivity contribution in [1.82, 2.24) is 5.32 Å². The lowest BCUT2D eigenvalue weighted by atomic mass is 9.80. The van der Waals surface area contributed by atoms with E-state index in [9.17, 15) is 4.79 Å². The first-order chi connectivity index (χ1) is 6.75. The highest BCUT2D eigenvalue weighted by Crippen LogP contribution is 2.26. The van der Waals surface area contributed by atoms with Crippen LogP contribution in [0.4, 0.5) is 0 Å². The molecular weight excluding hydrogens is 176 g/mol. The van der Waals surface area contributed by atoms with Crippen LogP contribution in [0.1, 0.15) is 44.9 Å². The van der Waals surface area contributed by atoms with Crippen LogP contribution in [0.5, 0.6) is 0 Å².